The number of amides is 3. The summed E-state index contributed by atoms with van der Waals surface area (Å²) in [6.45, 7) is 0.479. The summed E-state index contributed by atoms with van der Waals surface area (Å²) >= 11 is 1.19. The summed E-state index contributed by atoms with van der Waals surface area (Å²) < 4.78 is 1.82. The number of para-hydroxylation sites is 1. The Hall–Kier alpha value is -2.74. The number of hydrazine groups is 1. The van der Waals surface area contributed by atoms with Crippen LogP contribution in [-0.2, 0) is 4.79 Å². The van der Waals surface area contributed by atoms with Crippen LogP contribution >= 0.6 is 11.8 Å². The first-order chi connectivity index (χ1) is 11.6. The van der Waals surface area contributed by atoms with Gasteiger partial charge in [-0.05, 0) is 24.3 Å². The first kappa shape index (κ1) is 16.1. The number of rotatable bonds is 4. The molecule has 0 aliphatic carbocycles. The van der Waals surface area contributed by atoms with Crippen molar-refractivity contribution in [3.8, 4) is 5.69 Å². The zero-order chi connectivity index (χ0) is 16.9. The molecule has 1 aliphatic rings. The highest BCUT2D eigenvalue weighted by Crippen LogP contribution is 2.16. The first-order valence-electron chi connectivity index (χ1n) is 7.38. The van der Waals surface area contributed by atoms with Crippen molar-refractivity contribution < 1.29 is 14.4 Å². The molecule has 3 amide bonds. The Morgan fingerprint density at radius 3 is 2.54 bits per heavy atom. The van der Waals surface area contributed by atoms with Crippen LogP contribution in [0.2, 0.25) is 0 Å². The molecular formula is C16H16N4O3S. The van der Waals surface area contributed by atoms with Gasteiger partial charge in [0.15, 0.2) is 0 Å². The van der Waals surface area contributed by atoms with Gasteiger partial charge >= 0.3 is 0 Å². The van der Waals surface area contributed by atoms with Crippen LogP contribution in [0, 0.1) is 0 Å². The van der Waals surface area contributed by atoms with Crippen molar-refractivity contribution in [1.82, 2.24) is 20.3 Å². The van der Waals surface area contributed by atoms with Crippen LogP contribution < -0.4 is 10.9 Å². The third-order valence-electron chi connectivity index (χ3n) is 3.53. The molecule has 0 unspecified atom stereocenters. The Labute approximate surface area is 143 Å². The van der Waals surface area contributed by atoms with Gasteiger partial charge in [-0.3, -0.25) is 25.2 Å². The fourth-order valence-electron chi connectivity index (χ4n) is 2.36. The van der Waals surface area contributed by atoms with E-state index >= 15 is 0 Å². The van der Waals surface area contributed by atoms with Crippen LogP contribution in [0.25, 0.3) is 5.69 Å². The highest BCUT2D eigenvalue weighted by atomic mass is 32.2. The SMILES string of the molecule is O=C(CN1CCSC1=O)NNC(=O)c1ccccc1-n1cccc1. The Kier molecular flexibility index (Phi) is 4.85. The zero-order valence-corrected chi connectivity index (χ0v) is 13.6. The summed E-state index contributed by atoms with van der Waals surface area (Å²) in [6, 6.07) is 10.8. The van der Waals surface area contributed by atoms with Crippen LogP contribution in [-0.4, -0.2) is 45.4 Å². The lowest BCUT2D eigenvalue weighted by Gasteiger charge is -2.15. The largest absolute Gasteiger partial charge is 0.323 e. The lowest BCUT2D eigenvalue weighted by Crippen LogP contribution is -2.46. The van der Waals surface area contributed by atoms with Gasteiger partial charge in [0.25, 0.3) is 17.1 Å². The maximum absolute atomic E-state index is 12.3. The van der Waals surface area contributed by atoms with Crippen molar-refractivity contribution in [2.45, 2.75) is 0 Å². The molecule has 3 rings (SSSR count). The van der Waals surface area contributed by atoms with E-state index in [-0.39, 0.29) is 11.8 Å². The van der Waals surface area contributed by atoms with Gasteiger partial charge in [-0.15, -0.1) is 0 Å². The summed E-state index contributed by atoms with van der Waals surface area (Å²) in [7, 11) is 0. The number of aromatic nitrogens is 1. The summed E-state index contributed by atoms with van der Waals surface area (Å²) in [5.41, 5.74) is 5.88. The molecule has 124 valence electrons. The molecule has 1 fully saturated rings. The quantitative estimate of drug-likeness (QED) is 0.822. The smallest absolute Gasteiger partial charge is 0.282 e. The molecule has 0 saturated carbocycles. The molecule has 7 nitrogen and oxygen atoms in total. The molecule has 0 atom stereocenters. The number of hydrogen-bond acceptors (Lipinski definition) is 4. The van der Waals surface area contributed by atoms with Gasteiger partial charge in [-0.25, -0.2) is 0 Å². The van der Waals surface area contributed by atoms with E-state index in [0.717, 1.165) is 0 Å². The monoisotopic (exact) mass is 344 g/mol. The normalized spacial score (nSPS) is 13.8. The predicted molar refractivity (Wildman–Crippen MR) is 90.8 cm³/mol. The number of nitrogens with zero attached hydrogens (tertiary/aromatic N) is 2. The molecule has 0 spiro atoms. The molecular weight excluding hydrogens is 328 g/mol. The Morgan fingerprint density at radius 2 is 1.83 bits per heavy atom. The van der Waals surface area contributed by atoms with Crippen molar-refractivity contribution in [3.63, 3.8) is 0 Å². The number of nitrogens with one attached hydrogen (secondary N) is 2. The van der Waals surface area contributed by atoms with E-state index in [4.69, 9.17) is 0 Å². The second kappa shape index (κ2) is 7.22. The van der Waals surface area contributed by atoms with Crippen molar-refractivity contribution >= 4 is 28.8 Å². The lowest BCUT2D eigenvalue weighted by atomic mass is 10.1. The number of hydrogen-bond donors (Lipinski definition) is 2. The lowest BCUT2D eigenvalue weighted by molar-refractivity contribution is -0.122. The minimum absolute atomic E-state index is 0.0641. The summed E-state index contributed by atoms with van der Waals surface area (Å²) in [4.78, 5) is 37.1. The molecule has 1 aromatic carbocycles. The third-order valence-corrected chi connectivity index (χ3v) is 4.42. The number of benzene rings is 1. The van der Waals surface area contributed by atoms with Crippen LogP contribution in [0.1, 0.15) is 10.4 Å². The minimum Gasteiger partial charge on any atom is -0.323 e. The second-order valence-electron chi connectivity index (χ2n) is 5.15. The molecule has 2 N–H and O–H groups in total. The van der Waals surface area contributed by atoms with Gasteiger partial charge in [0.1, 0.15) is 6.54 Å². The van der Waals surface area contributed by atoms with Gasteiger partial charge in [-0.2, -0.15) is 0 Å². The average molecular weight is 344 g/mol. The zero-order valence-electron chi connectivity index (χ0n) is 12.8. The predicted octanol–water partition coefficient (Wildman–Crippen LogP) is 1.41. The maximum Gasteiger partial charge on any atom is 0.282 e. The molecule has 2 heterocycles. The summed E-state index contributed by atoms with van der Waals surface area (Å²) in [5.74, 6) is -0.171. The van der Waals surface area contributed by atoms with Crippen LogP contribution in [0.3, 0.4) is 0 Å². The van der Waals surface area contributed by atoms with Gasteiger partial charge in [0.05, 0.1) is 11.3 Å². The van der Waals surface area contributed by atoms with E-state index in [1.165, 1.54) is 16.7 Å². The van der Waals surface area contributed by atoms with E-state index < -0.39 is 11.8 Å². The van der Waals surface area contributed by atoms with E-state index in [0.29, 0.717) is 23.5 Å². The highest BCUT2D eigenvalue weighted by molar-refractivity contribution is 8.13. The molecule has 2 aromatic rings. The Bertz CT molecular complexity index is 760. The maximum atomic E-state index is 12.3. The van der Waals surface area contributed by atoms with E-state index in [1.807, 2.05) is 41.2 Å². The Balaban J connectivity index is 1.61. The first-order valence-corrected chi connectivity index (χ1v) is 8.37. The van der Waals surface area contributed by atoms with Gasteiger partial charge in [0, 0.05) is 24.7 Å². The molecule has 0 bridgehead atoms. The van der Waals surface area contributed by atoms with Crippen LogP contribution in [0.5, 0.6) is 0 Å². The molecule has 24 heavy (non-hydrogen) atoms. The highest BCUT2D eigenvalue weighted by Gasteiger charge is 2.23. The fraction of sp³-hybridized carbons (Fsp3) is 0.188. The molecule has 1 aromatic heterocycles. The third kappa shape index (κ3) is 3.60. The minimum atomic E-state index is -0.433. The molecule has 0 radical (unpaired) electrons. The van der Waals surface area contributed by atoms with Gasteiger partial charge in [-0.1, -0.05) is 23.9 Å². The Morgan fingerprint density at radius 1 is 1.08 bits per heavy atom. The van der Waals surface area contributed by atoms with Crippen molar-refractivity contribution in [3.05, 3.63) is 54.4 Å². The molecule has 1 aliphatic heterocycles. The fourth-order valence-corrected chi connectivity index (χ4v) is 3.19. The van der Waals surface area contributed by atoms with Gasteiger partial charge in [0.2, 0.25) is 0 Å². The van der Waals surface area contributed by atoms with Crippen molar-refractivity contribution in [2.24, 2.45) is 0 Å². The van der Waals surface area contributed by atoms with Crippen molar-refractivity contribution in [1.29, 1.82) is 0 Å². The molecule has 8 heteroatoms. The summed E-state index contributed by atoms with van der Waals surface area (Å²) in [6.07, 6.45) is 3.67. The van der Waals surface area contributed by atoms with Crippen LogP contribution in [0.15, 0.2) is 48.8 Å². The van der Waals surface area contributed by atoms with E-state index in [1.54, 1.807) is 12.1 Å². The topological polar surface area (TPSA) is 83.4 Å². The number of carbonyl (C=O) groups is 3. The van der Waals surface area contributed by atoms with Crippen molar-refractivity contribution in [2.75, 3.05) is 18.8 Å². The number of carbonyl (C=O) groups excluding carboxylic acids is 3. The van der Waals surface area contributed by atoms with E-state index in [9.17, 15) is 14.4 Å². The summed E-state index contributed by atoms with van der Waals surface area (Å²) in [5, 5.41) is -0.116. The average Bonchev–Trinajstić information content (AvgIpc) is 3.25. The molecule has 1 saturated heterocycles. The second-order valence-corrected chi connectivity index (χ2v) is 6.19. The van der Waals surface area contributed by atoms with E-state index in [2.05, 4.69) is 10.9 Å². The van der Waals surface area contributed by atoms with Gasteiger partial charge < -0.3 is 9.47 Å². The standard InChI is InChI=1S/C16H16N4O3S/c21-14(11-20-9-10-24-16(20)23)17-18-15(22)12-5-1-2-6-13(12)19-7-3-4-8-19/h1-8H,9-11H2,(H,17,21)(H,18,22). The number of thioether (sulfide) groups is 1. The van der Waals surface area contributed by atoms with Crippen LogP contribution in [0.4, 0.5) is 4.79 Å².